The van der Waals surface area contributed by atoms with Crippen molar-refractivity contribution in [3.8, 4) is 5.82 Å². The predicted molar refractivity (Wildman–Crippen MR) is 68.6 cm³/mol. The van der Waals surface area contributed by atoms with E-state index in [0.29, 0.717) is 0 Å². The van der Waals surface area contributed by atoms with Gasteiger partial charge in [-0.25, -0.2) is 15.0 Å². The van der Waals surface area contributed by atoms with Gasteiger partial charge in [0.1, 0.15) is 18.0 Å². The third kappa shape index (κ3) is 1.90. The molecule has 5 nitrogen and oxygen atoms in total. The Hall–Kier alpha value is -1.75. The molecule has 0 unspecified atom stereocenters. The maximum absolute atomic E-state index is 4.45. The van der Waals surface area contributed by atoms with Gasteiger partial charge in [0.05, 0.1) is 5.69 Å². The van der Waals surface area contributed by atoms with E-state index in [0.717, 1.165) is 49.7 Å². The minimum atomic E-state index is 0.843. The molecule has 0 amide bonds. The summed E-state index contributed by atoms with van der Waals surface area (Å²) >= 11 is 0. The van der Waals surface area contributed by atoms with E-state index in [1.807, 2.05) is 12.4 Å². The lowest BCUT2D eigenvalue weighted by molar-refractivity contribution is 0.618. The fourth-order valence-electron chi connectivity index (χ4n) is 2.40. The van der Waals surface area contributed by atoms with Crippen LogP contribution < -0.4 is 5.32 Å². The van der Waals surface area contributed by atoms with Gasteiger partial charge in [-0.1, -0.05) is 6.92 Å². The molecule has 1 aliphatic rings. The van der Waals surface area contributed by atoms with Crippen LogP contribution in [0.3, 0.4) is 0 Å². The molecule has 94 valence electrons. The van der Waals surface area contributed by atoms with E-state index in [1.54, 1.807) is 6.33 Å². The highest BCUT2D eigenvalue weighted by atomic mass is 15.1. The number of fused-ring (bicyclic) bond motifs is 1. The number of nitrogens with one attached hydrogen (secondary N) is 1. The second kappa shape index (κ2) is 4.86. The van der Waals surface area contributed by atoms with Gasteiger partial charge in [0.2, 0.25) is 0 Å². The largest absolute Gasteiger partial charge is 0.312 e. The monoisotopic (exact) mass is 243 g/mol. The Kier molecular flexibility index (Phi) is 3.06. The SMILES string of the molecule is CCCc1nccn1-c1ncnc2c1CNCC2. The molecular formula is C13H17N5. The molecule has 0 saturated carbocycles. The van der Waals surface area contributed by atoms with Crippen molar-refractivity contribution in [2.75, 3.05) is 6.54 Å². The third-order valence-corrected chi connectivity index (χ3v) is 3.27. The van der Waals surface area contributed by atoms with Crippen LogP contribution in [0.1, 0.15) is 30.4 Å². The zero-order valence-corrected chi connectivity index (χ0v) is 10.6. The number of hydrogen-bond acceptors (Lipinski definition) is 4. The van der Waals surface area contributed by atoms with Gasteiger partial charge in [0, 0.05) is 43.9 Å². The van der Waals surface area contributed by atoms with Gasteiger partial charge in [0.25, 0.3) is 0 Å². The fraction of sp³-hybridized carbons (Fsp3) is 0.462. The average molecular weight is 243 g/mol. The fourth-order valence-corrected chi connectivity index (χ4v) is 2.40. The summed E-state index contributed by atoms with van der Waals surface area (Å²) in [5.41, 5.74) is 2.37. The number of hydrogen-bond donors (Lipinski definition) is 1. The van der Waals surface area contributed by atoms with E-state index < -0.39 is 0 Å². The second-order valence-corrected chi connectivity index (χ2v) is 4.51. The molecular weight excluding hydrogens is 226 g/mol. The van der Waals surface area contributed by atoms with Crippen LogP contribution in [-0.4, -0.2) is 26.1 Å². The normalized spacial score (nSPS) is 14.5. The van der Waals surface area contributed by atoms with Crippen molar-refractivity contribution >= 4 is 0 Å². The molecule has 0 aromatic carbocycles. The van der Waals surface area contributed by atoms with Crippen LogP contribution >= 0.6 is 0 Å². The summed E-state index contributed by atoms with van der Waals surface area (Å²) in [6, 6.07) is 0. The van der Waals surface area contributed by atoms with Crippen molar-refractivity contribution in [1.29, 1.82) is 0 Å². The van der Waals surface area contributed by atoms with E-state index in [9.17, 15) is 0 Å². The lowest BCUT2D eigenvalue weighted by Gasteiger charge is -2.19. The lowest BCUT2D eigenvalue weighted by atomic mass is 10.1. The summed E-state index contributed by atoms with van der Waals surface area (Å²) in [6.45, 7) is 4.00. The van der Waals surface area contributed by atoms with Crippen LogP contribution in [0.25, 0.3) is 5.82 Å². The Labute approximate surface area is 106 Å². The van der Waals surface area contributed by atoms with Crippen LogP contribution in [0.15, 0.2) is 18.7 Å². The van der Waals surface area contributed by atoms with Gasteiger partial charge in [0.15, 0.2) is 0 Å². The van der Waals surface area contributed by atoms with E-state index in [4.69, 9.17) is 0 Å². The molecule has 3 heterocycles. The van der Waals surface area contributed by atoms with Crippen LogP contribution in [0.2, 0.25) is 0 Å². The molecule has 2 aromatic heterocycles. The Morgan fingerprint density at radius 3 is 3.17 bits per heavy atom. The zero-order valence-electron chi connectivity index (χ0n) is 10.6. The van der Waals surface area contributed by atoms with Crippen molar-refractivity contribution < 1.29 is 0 Å². The molecule has 18 heavy (non-hydrogen) atoms. The van der Waals surface area contributed by atoms with E-state index in [-0.39, 0.29) is 0 Å². The van der Waals surface area contributed by atoms with Gasteiger partial charge < -0.3 is 5.32 Å². The van der Waals surface area contributed by atoms with Gasteiger partial charge >= 0.3 is 0 Å². The van der Waals surface area contributed by atoms with Crippen molar-refractivity contribution in [2.24, 2.45) is 0 Å². The highest BCUT2D eigenvalue weighted by molar-refractivity contribution is 5.39. The summed E-state index contributed by atoms with van der Waals surface area (Å²) < 4.78 is 2.09. The first-order chi connectivity index (χ1) is 8.90. The average Bonchev–Trinajstić information content (AvgIpc) is 2.87. The highest BCUT2D eigenvalue weighted by Gasteiger charge is 2.17. The number of rotatable bonds is 3. The van der Waals surface area contributed by atoms with Crippen LogP contribution in [0, 0.1) is 0 Å². The molecule has 0 saturated heterocycles. The summed E-state index contributed by atoms with van der Waals surface area (Å²) in [6.07, 6.45) is 8.53. The Morgan fingerprint density at radius 2 is 2.28 bits per heavy atom. The minimum absolute atomic E-state index is 0.843. The number of imidazole rings is 1. The quantitative estimate of drug-likeness (QED) is 0.881. The molecule has 5 heteroatoms. The molecule has 2 aromatic rings. The number of aryl methyl sites for hydroxylation is 1. The maximum atomic E-state index is 4.45. The first-order valence-corrected chi connectivity index (χ1v) is 6.46. The van der Waals surface area contributed by atoms with Gasteiger partial charge in [-0.15, -0.1) is 0 Å². The smallest absolute Gasteiger partial charge is 0.146 e. The standard InChI is InChI=1S/C13H17N5/c1-2-3-12-15-6-7-18(12)13-10-8-14-5-4-11(10)16-9-17-13/h6-7,9,14H,2-5,8H2,1H3. The molecule has 0 fully saturated rings. The van der Waals surface area contributed by atoms with Crippen LogP contribution in [0.5, 0.6) is 0 Å². The minimum Gasteiger partial charge on any atom is -0.312 e. The molecule has 0 radical (unpaired) electrons. The molecule has 0 aliphatic carbocycles. The van der Waals surface area contributed by atoms with E-state index >= 15 is 0 Å². The maximum Gasteiger partial charge on any atom is 0.146 e. The molecule has 0 atom stereocenters. The van der Waals surface area contributed by atoms with Gasteiger partial charge in [-0.3, -0.25) is 4.57 Å². The number of nitrogens with zero attached hydrogens (tertiary/aromatic N) is 4. The number of aromatic nitrogens is 4. The first-order valence-electron chi connectivity index (χ1n) is 6.46. The Bertz CT molecular complexity index is 546. The molecule has 1 aliphatic heterocycles. The van der Waals surface area contributed by atoms with Gasteiger partial charge in [-0.2, -0.15) is 0 Å². The second-order valence-electron chi connectivity index (χ2n) is 4.51. The highest BCUT2D eigenvalue weighted by Crippen LogP contribution is 2.19. The summed E-state index contributed by atoms with van der Waals surface area (Å²) in [5, 5.41) is 3.38. The predicted octanol–water partition coefficient (Wildman–Crippen LogP) is 1.26. The molecule has 1 N–H and O–H groups in total. The van der Waals surface area contributed by atoms with Gasteiger partial charge in [-0.05, 0) is 6.42 Å². The Morgan fingerprint density at radius 1 is 1.33 bits per heavy atom. The zero-order chi connectivity index (χ0) is 12.4. The van der Waals surface area contributed by atoms with Crippen LogP contribution in [0.4, 0.5) is 0 Å². The molecule has 3 rings (SSSR count). The van der Waals surface area contributed by atoms with Crippen molar-refractivity contribution in [1.82, 2.24) is 24.8 Å². The summed E-state index contributed by atoms with van der Waals surface area (Å²) in [4.78, 5) is 13.2. The van der Waals surface area contributed by atoms with E-state index in [2.05, 4.69) is 31.8 Å². The van der Waals surface area contributed by atoms with Crippen LogP contribution in [-0.2, 0) is 19.4 Å². The Balaban J connectivity index is 2.08. The first kappa shape index (κ1) is 11.3. The van der Waals surface area contributed by atoms with Crippen molar-refractivity contribution in [2.45, 2.75) is 32.7 Å². The summed E-state index contributed by atoms with van der Waals surface area (Å²) in [7, 11) is 0. The molecule has 0 spiro atoms. The third-order valence-electron chi connectivity index (χ3n) is 3.27. The van der Waals surface area contributed by atoms with Crippen molar-refractivity contribution in [3.63, 3.8) is 0 Å². The lowest BCUT2D eigenvalue weighted by Crippen LogP contribution is -2.26. The van der Waals surface area contributed by atoms with E-state index in [1.165, 1.54) is 5.56 Å². The summed E-state index contributed by atoms with van der Waals surface area (Å²) in [5.74, 6) is 2.05. The molecule has 0 bridgehead atoms. The van der Waals surface area contributed by atoms with Crippen molar-refractivity contribution in [3.05, 3.63) is 35.8 Å². The topological polar surface area (TPSA) is 55.6 Å².